The first-order chi connectivity index (χ1) is 4.61. The van der Waals surface area contributed by atoms with E-state index in [1.54, 1.807) is 6.92 Å². The molecule has 1 atom stereocenters. The van der Waals surface area contributed by atoms with E-state index in [1.807, 2.05) is 13.0 Å². The van der Waals surface area contributed by atoms with Crippen LogP contribution in [0.1, 0.15) is 24.4 Å². The number of hydrogen-bond acceptors (Lipinski definition) is 2. The average Bonchev–Trinajstić information content (AvgIpc) is 2.10. The van der Waals surface area contributed by atoms with Gasteiger partial charge >= 0.3 is 0 Å². The Hall–Kier alpha value is -0.280. The maximum atomic E-state index is 9.10. The van der Waals surface area contributed by atoms with Crippen LogP contribution in [-0.4, -0.2) is 5.11 Å². The maximum Gasteiger partial charge on any atom is 0.169 e. The van der Waals surface area contributed by atoms with Crippen molar-refractivity contribution < 1.29 is 9.52 Å². The smallest absolute Gasteiger partial charge is 0.169 e. The molecule has 0 aliphatic carbocycles. The van der Waals surface area contributed by atoms with Crippen molar-refractivity contribution in [3.63, 3.8) is 0 Å². The fraction of sp³-hybridized carbons (Fsp3) is 0.429. The van der Waals surface area contributed by atoms with Crippen molar-refractivity contribution in [3.8, 4) is 0 Å². The molecule has 0 saturated carbocycles. The quantitative estimate of drug-likeness (QED) is 0.763. The molecule has 0 aromatic carbocycles. The van der Waals surface area contributed by atoms with Gasteiger partial charge < -0.3 is 9.52 Å². The summed E-state index contributed by atoms with van der Waals surface area (Å²) in [5.74, 6) is 0.631. The van der Waals surface area contributed by atoms with Crippen LogP contribution in [0.4, 0.5) is 0 Å². The summed E-state index contributed by atoms with van der Waals surface area (Å²) in [6.07, 6.45) is -0.522. The lowest BCUT2D eigenvalue weighted by molar-refractivity contribution is 0.167. The summed E-state index contributed by atoms with van der Waals surface area (Å²) in [5.41, 5.74) is 0.974. The summed E-state index contributed by atoms with van der Waals surface area (Å²) in [7, 11) is 0. The first-order valence-electron chi connectivity index (χ1n) is 3.05. The van der Waals surface area contributed by atoms with Gasteiger partial charge in [0.05, 0.1) is 0 Å². The van der Waals surface area contributed by atoms with Crippen molar-refractivity contribution in [2.75, 3.05) is 0 Å². The van der Waals surface area contributed by atoms with Gasteiger partial charge in [0, 0.05) is 0 Å². The summed E-state index contributed by atoms with van der Waals surface area (Å²) in [6.45, 7) is 3.58. The monoisotopic (exact) mass is 204 g/mol. The Morgan fingerprint density at radius 3 is 2.50 bits per heavy atom. The molecule has 0 saturated heterocycles. The van der Waals surface area contributed by atoms with Crippen LogP contribution >= 0.6 is 15.9 Å². The Labute approximate surface area is 68.0 Å². The van der Waals surface area contributed by atoms with Crippen molar-refractivity contribution in [3.05, 3.63) is 22.1 Å². The summed E-state index contributed by atoms with van der Waals surface area (Å²) in [5, 5.41) is 9.10. The van der Waals surface area contributed by atoms with Crippen LogP contribution in [0.5, 0.6) is 0 Å². The lowest BCUT2D eigenvalue weighted by Gasteiger charge is -1.98. The van der Waals surface area contributed by atoms with Crippen molar-refractivity contribution in [2.24, 2.45) is 0 Å². The van der Waals surface area contributed by atoms with Gasteiger partial charge in [0.1, 0.15) is 11.9 Å². The Morgan fingerprint density at radius 1 is 1.70 bits per heavy atom. The van der Waals surface area contributed by atoms with Crippen LogP contribution in [-0.2, 0) is 0 Å². The Bertz CT molecular complexity index is 228. The molecule has 0 bridgehead atoms. The van der Waals surface area contributed by atoms with E-state index in [1.165, 1.54) is 0 Å². The lowest BCUT2D eigenvalue weighted by atomic mass is 10.2. The van der Waals surface area contributed by atoms with E-state index in [-0.39, 0.29) is 0 Å². The minimum Gasteiger partial charge on any atom is -0.451 e. The van der Waals surface area contributed by atoms with Crippen LogP contribution in [0.2, 0.25) is 0 Å². The van der Waals surface area contributed by atoms with Crippen molar-refractivity contribution in [1.29, 1.82) is 0 Å². The normalized spacial score (nSPS) is 13.6. The van der Waals surface area contributed by atoms with Crippen LogP contribution in [0.3, 0.4) is 0 Å². The van der Waals surface area contributed by atoms with Crippen LogP contribution in [0, 0.1) is 6.92 Å². The van der Waals surface area contributed by atoms with Gasteiger partial charge in [-0.05, 0) is 41.4 Å². The third kappa shape index (κ3) is 1.41. The number of aliphatic hydroxyl groups excluding tert-OH is 1. The fourth-order valence-corrected chi connectivity index (χ4v) is 1.39. The standard InChI is InChI=1S/C7H9BrO2/c1-4-3-6(8)10-7(4)5(2)9/h3,5,9H,1-2H3/t5-/m1/s1. The first kappa shape index (κ1) is 7.82. The van der Waals surface area contributed by atoms with E-state index in [9.17, 15) is 0 Å². The number of aryl methyl sites for hydroxylation is 1. The molecule has 0 aliphatic rings. The molecule has 1 heterocycles. The summed E-state index contributed by atoms with van der Waals surface area (Å²) in [4.78, 5) is 0. The van der Waals surface area contributed by atoms with Crippen molar-refractivity contribution >= 4 is 15.9 Å². The van der Waals surface area contributed by atoms with E-state index < -0.39 is 6.10 Å². The molecule has 2 nitrogen and oxygen atoms in total. The Morgan fingerprint density at radius 2 is 2.30 bits per heavy atom. The van der Waals surface area contributed by atoms with E-state index >= 15 is 0 Å². The predicted molar refractivity (Wildman–Crippen MR) is 41.8 cm³/mol. The van der Waals surface area contributed by atoms with E-state index in [2.05, 4.69) is 15.9 Å². The number of rotatable bonds is 1. The van der Waals surface area contributed by atoms with Gasteiger partial charge in [-0.15, -0.1) is 0 Å². The van der Waals surface area contributed by atoms with Crippen molar-refractivity contribution in [2.45, 2.75) is 20.0 Å². The SMILES string of the molecule is Cc1cc(Br)oc1[C@@H](C)O. The zero-order valence-corrected chi connectivity index (χ0v) is 7.47. The molecule has 56 valence electrons. The molecule has 0 radical (unpaired) electrons. The molecule has 10 heavy (non-hydrogen) atoms. The second kappa shape index (κ2) is 2.76. The summed E-state index contributed by atoms with van der Waals surface area (Å²) >= 11 is 3.17. The van der Waals surface area contributed by atoms with Gasteiger partial charge in [0.15, 0.2) is 4.67 Å². The Kier molecular flexibility index (Phi) is 2.16. The Balaban J connectivity index is 3.03. The zero-order chi connectivity index (χ0) is 7.72. The van der Waals surface area contributed by atoms with Crippen molar-refractivity contribution in [1.82, 2.24) is 0 Å². The third-order valence-electron chi connectivity index (χ3n) is 1.31. The maximum absolute atomic E-state index is 9.10. The number of halogens is 1. The highest BCUT2D eigenvalue weighted by Crippen LogP contribution is 2.24. The number of furan rings is 1. The largest absolute Gasteiger partial charge is 0.451 e. The van der Waals surface area contributed by atoms with E-state index in [0.717, 1.165) is 5.56 Å². The van der Waals surface area contributed by atoms with Gasteiger partial charge in [-0.25, -0.2) is 0 Å². The fourth-order valence-electron chi connectivity index (χ4n) is 0.871. The van der Waals surface area contributed by atoms with Gasteiger partial charge in [0.2, 0.25) is 0 Å². The van der Waals surface area contributed by atoms with Crippen LogP contribution in [0.15, 0.2) is 15.2 Å². The third-order valence-corrected chi connectivity index (χ3v) is 1.70. The lowest BCUT2D eigenvalue weighted by Crippen LogP contribution is -1.89. The molecule has 0 aliphatic heterocycles. The second-order valence-corrected chi connectivity index (χ2v) is 3.06. The summed E-state index contributed by atoms with van der Waals surface area (Å²) < 4.78 is 5.81. The minimum atomic E-state index is -0.522. The topological polar surface area (TPSA) is 33.4 Å². The highest BCUT2D eigenvalue weighted by atomic mass is 79.9. The highest BCUT2D eigenvalue weighted by Gasteiger charge is 2.09. The molecule has 0 spiro atoms. The molecule has 1 aromatic heterocycles. The summed E-state index contributed by atoms with van der Waals surface area (Å²) in [6, 6.07) is 1.84. The van der Waals surface area contributed by atoms with Gasteiger partial charge in [0.25, 0.3) is 0 Å². The molecule has 1 rings (SSSR count). The minimum absolute atomic E-state index is 0.522. The van der Waals surface area contributed by atoms with E-state index in [0.29, 0.717) is 10.4 Å². The molecule has 0 unspecified atom stereocenters. The van der Waals surface area contributed by atoms with Crippen LogP contribution in [0.25, 0.3) is 0 Å². The molecular weight excluding hydrogens is 196 g/mol. The van der Waals surface area contributed by atoms with Gasteiger partial charge in [-0.2, -0.15) is 0 Å². The molecular formula is C7H9BrO2. The number of hydrogen-bond donors (Lipinski definition) is 1. The van der Waals surface area contributed by atoms with E-state index in [4.69, 9.17) is 9.52 Å². The molecule has 1 aromatic rings. The van der Waals surface area contributed by atoms with Gasteiger partial charge in [-0.1, -0.05) is 0 Å². The zero-order valence-electron chi connectivity index (χ0n) is 5.89. The number of aliphatic hydroxyl groups is 1. The van der Waals surface area contributed by atoms with Gasteiger partial charge in [-0.3, -0.25) is 0 Å². The molecule has 3 heteroatoms. The average molecular weight is 205 g/mol. The first-order valence-corrected chi connectivity index (χ1v) is 3.84. The molecule has 0 fully saturated rings. The second-order valence-electron chi connectivity index (χ2n) is 2.27. The molecule has 0 amide bonds. The molecule has 1 N–H and O–H groups in total. The highest BCUT2D eigenvalue weighted by molar-refractivity contribution is 9.10. The van der Waals surface area contributed by atoms with Crippen LogP contribution < -0.4 is 0 Å². The predicted octanol–water partition coefficient (Wildman–Crippen LogP) is 2.40.